The maximum absolute atomic E-state index is 12.0. The number of piperidine rings is 1. The summed E-state index contributed by atoms with van der Waals surface area (Å²) in [5.41, 5.74) is 0. The summed E-state index contributed by atoms with van der Waals surface area (Å²) in [5.74, 6) is -1.07. The van der Waals surface area contributed by atoms with E-state index in [9.17, 15) is 14.4 Å². The van der Waals surface area contributed by atoms with Gasteiger partial charge < -0.3 is 20.6 Å². The van der Waals surface area contributed by atoms with Crippen molar-refractivity contribution in [1.29, 1.82) is 0 Å². The summed E-state index contributed by atoms with van der Waals surface area (Å²) in [6.07, 6.45) is 2.02. The van der Waals surface area contributed by atoms with E-state index < -0.39 is 5.97 Å². The first-order chi connectivity index (χ1) is 9.43. The molecule has 2 atom stereocenters. The molecule has 2 unspecified atom stereocenters. The summed E-state index contributed by atoms with van der Waals surface area (Å²) in [5, 5.41) is 14.0. The van der Waals surface area contributed by atoms with Gasteiger partial charge in [-0.25, -0.2) is 4.79 Å². The molecule has 1 fully saturated rings. The number of rotatable bonds is 5. The molecule has 1 heterocycles. The van der Waals surface area contributed by atoms with Gasteiger partial charge in [0.15, 0.2) is 0 Å². The second kappa shape index (κ2) is 7.72. The second-order valence-electron chi connectivity index (χ2n) is 5.18. The van der Waals surface area contributed by atoms with E-state index in [1.807, 2.05) is 0 Å². The van der Waals surface area contributed by atoms with E-state index in [0.717, 1.165) is 12.8 Å². The molecule has 0 bridgehead atoms. The molecule has 20 heavy (non-hydrogen) atoms. The Morgan fingerprint density at radius 3 is 2.70 bits per heavy atom. The van der Waals surface area contributed by atoms with E-state index in [-0.39, 0.29) is 30.3 Å². The summed E-state index contributed by atoms with van der Waals surface area (Å²) in [6.45, 7) is 2.82. The average molecular weight is 285 g/mol. The van der Waals surface area contributed by atoms with E-state index in [1.165, 1.54) is 0 Å². The van der Waals surface area contributed by atoms with Gasteiger partial charge in [0.05, 0.1) is 5.92 Å². The highest BCUT2D eigenvalue weighted by molar-refractivity contribution is 5.80. The molecule has 0 saturated carbocycles. The molecule has 114 valence electrons. The summed E-state index contributed by atoms with van der Waals surface area (Å²) in [7, 11) is 1.59. The number of nitrogens with zero attached hydrogens (tertiary/aromatic N) is 1. The molecule has 1 saturated heterocycles. The fourth-order valence-corrected chi connectivity index (χ4v) is 2.29. The molecule has 0 aromatic carbocycles. The Morgan fingerprint density at radius 1 is 1.40 bits per heavy atom. The zero-order chi connectivity index (χ0) is 15.1. The lowest BCUT2D eigenvalue weighted by Gasteiger charge is -2.32. The van der Waals surface area contributed by atoms with Gasteiger partial charge in [0.2, 0.25) is 5.91 Å². The van der Waals surface area contributed by atoms with Crippen LogP contribution >= 0.6 is 0 Å². The highest BCUT2D eigenvalue weighted by Crippen LogP contribution is 2.16. The van der Waals surface area contributed by atoms with Crippen LogP contribution in [0, 0.1) is 5.92 Å². The first-order valence-corrected chi connectivity index (χ1v) is 6.93. The number of hydrogen-bond donors (Lipinski definition) is 3. The molecule has 7 heteroatoms. The lowest BCUT2D eigenvalue weighted by atomic mass is 9.97. The average Bonchev–Trinajstić information content (AvgIpc) is 2.44. The van der Waals surface area contributed by atoms with Crippen LogP contribution < -0.4 is 10.6 Å². The monoisotopic (exact) mass is 285 g/mol. The number of urea groups is 1. The van der Waals surface area contributed by atoms with E-state index in [1.54, 1.807) is 18.9 Å². The third-order valence-corrected chi connectivity index (χ3v) is 3.49. The summed E-state index contributed by atoms with van der Waals surface area (Å²) in [6, 6.07) is -0.421. The van der Waals surface area contributed by atoms with Crippen LogP contribution in [0.5, 0.6) is 0 Å². The number of carbonyl (C=O) groups is 3. The van der Waals surface area contributed by atoms with Crippen LogP contribution in [0.2, 0.25) is 0 Å². The maximum Gasteiger partial charge on any atom is 0.317 e. The van der Waals surface area contributed by atoms with Gasteiger partial charge in [0, 0.05) is 32.6 Å². The molecule has 1 aliphatic rings. The Hall–Kier alpha value is -1.79. The highest BCUT2D eigenvalue weighted by Gasteiger charge is 2.28. The number of likely N-dealkylation sites (tertiary alicyclic amines) is 1. The Kier molecular flexibility index (Phi) is 6.27. The molecule has 3 N–H and O–H groups in total. The van der Waals surface area contributed by atoms with Crippen molar-refractivity contribution in [2.45, 2.75) is 38.6 Å². The van der Waals surface area contributed by atoms with E-state index in [2.05, 4.69) is 10.6 Å². The largest absolute Gasteiger partial charge is 0.481 e. The van der Waals surface area contributed by atoms with Crippen LogP contribution in [0.4, 0.5) is 4.79 Å². The van der Waals surface area contributed by atoms with Crippen molar-refractivity contribution < 1.29 is 19.5 Å². The SMILES string of the molecule is CNC(=O)C1CCCN(C(=O)NC(C)CCC(=O)O)C1. The van der Waals surface area contributed by atoms with Gasteiger partial charge in [-0.1, -0.05) is 0 Å². The van der Waals surface area contributed by atoms with Crippen LogP contribution in [-0.2, 0) is 9.59 Å². The number of carboxylic acids is 1. The van der Waals surface area contributed by atoms with Crippen LogP contribution in [-0.4, -0.2) is 54.1 Å². The van der Waals surface area contributed by atoms with Gasteiger partial charge in [-0.15, -0.1) is 0 Å². The van der Waals surface area contributed by atoms with E-state index in [0.29, 0.717) is 19.5 Å². The minimum absolute atomic E-state index is 0.0301. The second-order valence-corrected chi connectivity index (χ2v) is 5.18. The van der Waals surface area contributed by atoms with Crippen LogP contribution in [0.3, 0.4) is 0 Å². The quantitative estimate of drug-likeness (QED) is 0.681. The normalized spacial score (nSPS) is 20.1. The highest BCUT2D eigenvalue weighted by atomic mass is 16.4. The molecule has 7 nitrogen and oxygen atoms in total. The number of hydrogen-bond acceptors (Lipinski definition) is 3. The van der Waals surface area contributed by atoms with Gasteiger partial charge in [-0.3, -0.25) is 9.59 Å². The lowest BCUT2D eigenvalue weighted by Crippen LogP contribution is -2.50. The third-order valence-electron chi connectivity index (χ3n) is 3.49. The van der Waals surface area contributed by atoms with Crippen molar-refractivity contribution in [2.75, 3.05) is 20.1 Å². The number of aliphatic carboxylic acids is 1. The topological polar surface area (TPSA) is 98.7 Å². The molecule has 0 aromatic heterocycles. The molecule has 1 aliphatic heterocycles. The Morgan fingerprint density at radius 2 is 2.10 bits per heavy atom. The number of amides is 3. The Balaban J connectivity index is 2.42. The predicted molar refractivity (Wildman–Crippen MR) is 73.2 cm³/mol. The molecule has 0 aliphatic carbocycles. The maximum atomic E-state index is 12.0. The predicted octanol–water partition coefficient (Wildman–Crippen LogP) is 0.407. The summed E-state index contributed by atoms with van der Waals surface area (Å²) >= 11 is 0. The lowest BCUT2D eigenvalue weighted by molar-refractivity contribution is -0.137. The molecular formula is C13H23N3O4. The summed E-state index contributed by atoms with van der Waals surface area (Å²) in [4.78, 5) is 35.7. The number of carboxylic acid groups (broad SMARTS) is 1. The first-order valence-electron chi connectivity index (χ1n) is 6.93. The number of nitrogens with one attached hydrogen (secondary N) is 2. The van der Waals surface area contributed by atoms with Crippen LogP contribution in [0.25, 0.3) is 0 Å². The number of carbonyl (C=O) groups excluding carboxylic acids is 2. The first kappa shape index (κ1) is 16.3. The molecule has 0 radical (unpaired) electrons. The fourth-order valence-electron chi connectivity index (χ4n) is 2.29. The summed E-state index contributed by atoms with van der Waals surface area (Å²) < 4.78 is 0. The standard InChI is InChI=1S/C13H23N3O4/c1-9(5-6-11(17)18)15-13(20)16-7-3-4-10(8-16)12(19)14-2/h9-10H,3-8H2,1-2H3,(H,14,19)(H,15,20)(H,17,18). The molecule has 0 spiro atoms. The van der Waals surface area contributed by atoms with Gasteiger partial charge in [-0.05, 0) is 26.2 Å². The molecular weight excluding hydrogens is 262 g/mol. The third kappa shape index (κ3) is 5.07. The van der Waals surface area contributed by atoms with Gasteiger partial charge in [0.25, 0.3) is 0 Å². The van der Waals surface area contributed by atoms with Crippen molar-refractivity contribution in [3.8, 4) is 0 Å². The van der Waals surface area contributed by atoms with Gasteiger partial charge >= 0.3 is 12.0 Å². The molecule has 3 amide bonds. The van der Waals surface area contributed by atoms with Crippen molar-refractivity contribution in [2.24, 2.45) is 5.92 Å². The molecule has 1 rings (SSSR count). The Labute approximate surface area is 118 Å². The minimum Gasteiger partial charge on any atom is -0.481 e. The smallest absolute Gasteiger partial charge is 0.317 e. The van der Waals surface area contributed by atoms with E-state index in [4.69, 9.17) is 5.11 Å². The van der Waals surface area contributed by atoms with E-state index >= 15 is 0 Å². The van der Waals surface area contributed by atoms with Crippen LogP contribution in [0.15, 0.2) is 0 Å². The van der Waals surface area contributed by atoms with Crippen molar-refractivity contribution in [3.05, 3.63) is 0 Å². The van der Waals surface area contributed by atoms with Gasteiger partial charge in [-0.2, -0.15) is 0 Å². The zero-order valence-corrected chi connectivity index (χ0v) is 12.0. The van der Waals surface area contributed by atoms with Crippen molar-refractivity contribution in [1.82, 2.24) is 15.5 Å². The van der Waals surface area contributed by atoms with Gasteiger partial charge in [0.1, 0.15) is 0 Å². The Bertz CT molecular complexity index is 373. The fraction of sp³-hybridized carbons (Fsp3) is 0.769. The van der Waals surface area contributed by atoms with Crippen molar-refractivity contribution >= 4 is 17.9 Å². The zero-order valence-electron chi connectivity index (χ0n) is 12.0. The minimum atomic E-state index is -0.872. The van der Waals surface area contributed by atoms with Crippen LogP contribution in [0.1, 0.15) is 32.6 Å². The molecule has 0 aromatic rings. The van der Waals surface area contributed by atoms with Crippen molar-refractivity contribution in [3.63, 3.8) is 0 Å².